The number of pyridine rings is 1. The maximum Gasteiger partial charge on any atom is 0.240 e. The van der Waals surface area contributed by atoms with Gasteiger partial charge < -0.3 is 10.1 Å². The summed E-state index contributed by atoms with van der Waals surface area (Å²) in [6.07, 6.45) is 1.56. The van der Waals surface area contributed by atoms with E-state index in [2.05, 4.69) is 20.5 Å². The van der Waals surface area contributed by atoms with Crippen LogP contribution in [-0.4, -0.2) is 25.7 Å². The zero-order valence-corrected chi connectivity index (χ0v) is 18.2. The average Bonchev–Trinajstić information content (AvgIpc) is 3.14. The monoisotopic (exact) mass is 469 g/mol. The van der Waals surface area contributed by atoms with Crippen molar-refractivity contribution in [3.8, 4) is 23.0 Å². The van der Waals surface area contributed by atoms with E-state index in [1.807, 2.05) is 0 Å². The fourth-order valence-corrected chi connectivity index (χ4v) is 3.29. The second-order valence-corrected chi connectivity index (χ2v) is 7.57. The van der Waals surface area contributed by atoms with E-state index in [0.717, 1.165) is 5.56 Å². The van der Waals surface area contributed by atoms with Gasteiger partial charge in [0.05, 0.1) is 0 Å². The van der Waals surface area contributed by atoms with Crippen LogP contribution in [0.25, 0.3) is 11.4 Å². The fraction of sp³-hybridized carbons (Fsp3) is 0.0909. The molecule has 4 rings (SSSR count). The molecule has 0 saturated carbocycles. The van der Waals surface area contributed by atoms with E-state index in [1.54, 1.807) is 59.3 Å². The van der Waals surface area contributed by atoms with Crippen LogP contribution in [0.15, 0.2) is 66.9 Å². The first-order valence-corrected chi connectivity index (χ1v) is 10.3. The SMILES string of the molecule is O=C(Cn1c(-c2ccc(Cl)cc2)n[nH]c1=S)NCc1cccnc1Oc1cccc(F)c1. The number of hydrogen-bond acceptors (Lipinski definition) is 5. The molecule has 2 heterocycles. The van der Waals surface area contributed by atoms with Crippen molar-refractivity contribution >= 4 is 29.7 Å². The molecule has 10 heteroatoms. The Kier molecular flexibility index (Phi) is 6.58. The first-order valence-electron chi connectivity index (χ1n) is 9.55. The highest BCUT2D eigenvalue weighted by Gasteiger charge is 2.14. The Hall–Kier alpha value is -3.56. The Labute approximate surface area is 192 Å². The fourth-order valence-electron chi connectivity index (χ4n) is 2.97. The van der Waals surface area contributed by atoms with E-state index >= 15 is 0 Å². The molecule has 2 N–H and O–H groups in total. The molecule has 0 aliphatic rings. The second kappa shape index (κ2) is 9.71. The van der Waals surface area contributed by atoms with E-state index < -0.39 is 5.82 Å². The first-order chi connectivity index (χ1) is 15.5. The van der Waals surface area contributed by atoms with Crippen molar-refractivity contribution in [2.45, 2.75) is 13.1 Å². The number of hydrogen-bond donors (Lipinski definition) is 2. The lowest BCUT2D eigenvalue weighted by Crippen LogP contribution is -2.27. The molecule has 2 aromatic heterocycles. The molecule has 0 unspecified atom stereocenters. The third kappa shape index (κ3) is 5.19. The highest BCUT2D eigenvalue weighted by atomic mass is 35.5. The smallest absolute Gasteiger partial charge is 0.240 e. The van der Waals surface area contributed by atoms with Gasteiger partial charge in [0.25, 0.3) is 0 Å². The van der Waals surface area contributed by atoms with E-state index in [0.29, 0.717) is 26.9 Å². The quantitative estimate of drug-likeness (QED) is 0.376. The summed E-state index contributed by atoms with van der Waals surface area (Å²) < 4.78 is 21.0. The standard InChI is InChI=1S/C22H17ClFN5O2S/c23-16-8-6-14(7-9-16)20-27-28-22(32)29(20)13-19(30)26-12-15-3-2-10-25-21(15)31-18-5-1-4-17(24)11-18/h1-11H,12-13H2,(H,26,30)(H,28,32). The summed E-state index contributed by atoms with van der Waals surface area (Å²) in [6, 6.07) is 16.3. The minimum atomic E-state index is -0.415. The lowest BCUT2D eigenvalue weighted by atomic mass is 10.2. The van der Waals surface area contributed by atoms with E-state index in [-0.39, 0.29) is 24.9 Å². The Morgan fingerprint density at radius 3 is 2.78 bits per heavy atom. The predicted octanol–water partition coefficient (Wildman–Crippen LogP) is 4.90. The van der Waals surface area contributed by atoms with Crippen LogP contribution >= 0.6 is 23.8 Å². The Morgan fingerprint density at radius 2 is 2.00 bits per heavy atom. The molecule has 0 saturated heterocycles. The lowest BCUT2D eigenvalue weighted by molar-refractivity contribution is -0.121. The minimum Gasteiger partial charge on any atom is -0.439 e. The van der Waals surface area contributed by atoms with Crippen molar-refractivity contribution in [1.29, 1.82) is 0 Å². The lowest BCUT2D eigenvalue weighted by Gasteiger charge is -2.12. The Bertz CT molecular complexity index is 1310. The summed E-state index contributed by atoms with van der Waals surface area (Å²) in [7, 11) is 0. The van der Waals surface area contributed by atoms with Crippen molar-refractivity contribution < 1.29 is 13.9 Å². The van der Waals surface area contributed by atoms with Gasteiger partial charge in [0.1, 0.15) is 18.1 Å². The number of H-pyrrole nitrogens is 1. The molecule has 0 aliphatic carbocycles. The van der Waals surface area contributed by atoms with Crippen LogP contribution in [0.5, 0.6) is 11.6 Å². The van der Waals surface area contributed by atoms with Crippen LogP contribution in [0.1, 0.15) is 5.56 Å². The molecule has 7 nitrogen and oxygen atoms in total. The highest BCUT2D eigenvalue weighted by molar-refractivity contribution is 7.71. The molecular weight excluding hydrogens is 453 g/mol. The van der Waals surface area contributed by atoms with Gasteiger partial charge in [-0.3, -0.25) is 14.5 Å². The van der Waals surface area contributed by atoms with Crippen molar-refractivity contribution in [3.63, 3.8) is 0 Å². The number of carbonyl (C=O) groups is 1. The highest BCUT2D eigenvalue weighted by Crippen LogP contribution is 2.23. The molecule has 4 aromatic rings. The molecule has 0 spiro atoms. The van der Waals surface area contributed by atoms with Gasteiger partial charge >= 0.3 is 0 Å². The largest absolute Gasteiger partial charge is 0.439 e. The summed E-state index contributed by atoms with van der Waals surface area (Å²) in [5.74, 6) is 0.423. The zero-order valence-electron chi connectivity index (χ0n) is 16.6. The Balaban J connectivity index is 1.45. The van der Waals surface area contributed by atoms with Crippen molar-refractivity contribution in [1.82, 2.24) is 25.1 Å². The van der Waals surface area contributed by atoms with Crippen LogP contribution in [0.4, 0.5) is 4.39 Å². The number of carbonyl (C=O) groups excluding carboxylic acids is 1. The third-order valence-corrected chi connectivity index (χ3v) is 5.06. The van der Waals surface area contributed by atoms with Crippen molar-refractivity contribution in [3.05, 3.63) is 88.0 Å². The van der Waals surface area contributed by atoms with E-state index in [1.165, 1.54) is 12.1 Å². The molecule has 0 fully saturated rings. The number of ether oxygens (including phenoxy) is 1. The number of benzene rings is 2. The summed E-state index contributed by atoms with van der Waals surface area (Å²) in [5.41, 5.74) is 1.41. The van der Waals surface area contributed by atoms with Gasteiger partial charge in [0, 0.05) is 35.0 Å². The molecule has 2 aromatic carbocycles. The second-order valence-electron chi connectivity index (χ2n) is 6.75. The maximum absolute atomic E-state index is 13.4. The molecule has 1 amide bonds. The predicted molar refractivity (Wildman–Crippen MR) is 120 cm³/mol. The van der Waals surface area contributed by atoms with Crippen LogP contribution in [0.3, 0.4) is 0 Å². The normalized spacial score (nSPS) is 10.7. The van der Waals surface area contributed by atoms with Crippen LogP contribution < -0.4 is 10.1 Å². The average molecular weight is 470 g/mol. The van der Waals surface area contributed by atoms with Crippen LogP contribution in [-0.2, 0) is 17.9 Å². The van der Waals surface area contributed by atoms with Gasteiger partial charge in [-0.25, -0.2) is 9.37 Å². The van der Waals surface area contributed by atoms with Gasteiger partial charge in [0.15, 0.2) is 10.6 Å². The van der Waals surface area contributed by atoms with Gasteiger partial charge in [-0.2, -0.15) is 5.10 Å². The summed E-state index contributed by atoms with van der Waals surface area (Å²) in [5, 5.41) is 10.4. The number of amides is 1. The third-order valence-electron chi connectivity index (χ3n) is 4.50. The summed E-state index contributed by atoms with van der Waals surface area (Å²) >= 11 is 11.2. The van der Waals surface area contributed by atoms with E-state index in [9.17, 15) is 9.18 Å². The first kappa shape index (κ1) is 21.7. The van der Waals surface area contributed by atoms with Crippen molar-refractivity contribution in [2.24, 2.45) is 0 Å². The number of nitrogens with one attached hydrogen (secondary N) is 2. The zero-order chi connectivity index (χ0) is 22.5. The van der Waals surface area contributed by atoms with E-state index in [4.69, 9.17) is 28.6 Å². The topological polar surface area (TPSA) is 84.8 Å². The van der Waals surface area contributed by atoms with Gasteiger partial charge in [-0.15, -0.1) is 0 Å². The molecule has 0 radical (unpaired) electrons. The molecule has 162 valence electrons. The van der Waals surface area contributed by atoms with Gasteiger partial charge in [-0.05, 0) is 54.7 Å². The summed E-state index contributed by atoms with van der Waals surface area (Å²) in [4.78, 5) is 16.8. The Morgan fingerprint density at radius 1 is 1.19 bits per heavy atom. The number of rotatable bonds is 7. The van der Waals surface area contributed by atoms with Crippen molar-refractivity contribution in [2.75, 3.05) is 0 Å². The molecule has 0 atom stereocenters. The van der Waals surface area contributed by atoms with Gasteiger partial charge in [-0.1, -0.05) is 23.7 Å². The number of aromatic nitrogens is 4. The molecule has 32 heavy (non-hydrogen) atoms. The maximum atomic E-state index is 13.4. The molecule has 0 bridgehead atoms. The van der Waals surface area contributed by atoms with Crippen LogP contribution in [0.2, 0.25) is 5.02 Å². The van der Waals surface area contributed by atoms with Gasteiger partial charge in [0.2, 0.25) is 11.8 Å². The number of halogens is 2. The molecular formula is C22H17ClFN5O2S. The minimum absolute atomic E-state index is 0.0341. The summed E-state index contributed by atoms with van der Waals surface area (Å²) in [6.45, 7) is 0.131. The number of nitrogens with zero attached hydrogens (tertiary/aromatic N) is 3. The number of aromatic amines is 1. The van der Waals surface area contributed by atoms with Crippen LogP contribution in [0, 0.1) is 10.6 Å². The molecule has 0 aliphatic heterocycles.